The van der Waals surface area contributed by atoms with Gasteiger partial charge in [-0.1, -0.05) is 6.07 Å². The Labute approximate surface area is 80.4 Å². The molecule has 2 aromatic rings. The number of rotatable bonds is 1. The van der Waals surface area contributed by atoms with E-state index in [2.05, 4.69) is 9.98 Å². The third kappa shape index (κ3) is 1.52. The molecule has 5 nitrogen and oxygen atoms in total. The van der Waals surface area contributed by atoms with E-state index in [1.54, 1.807) is 0 Å². The molecule has 0 fully saturated rings. The van der Waals surface area contributed by atoms with Crippen LogP contribution in [0.1, 0.15) is 5.56 Å². The lowest BCUT2D eigenvalue weighted by molar-refractivity contribution is 0.613. The molecule has 5 heteroatoms. The third-order valence-corrected chi connectivity index (χ3v) is 1.76. The van der Waals surface area contributed by atoms with Crippen molar-refractivity contribution in [2.75, 3.05) is 0 Å². The van der Waals surface area contributed by atoms with Crippen molar-refractivity contribution >= 4 is 23.1 Å². The van der Waals surface area contributed by atoms with Crippen molar-refractivity contribution in [3.63, 3.8) is 0 Å². The average Bonchev–Trinajstić information content (AvgIpc) is 2.44. The molecule has 0 saturated heterocycles. The van der Waals surface area contributed by atoms with Crippen LogP contribution in [-0.2, 0) is 0 Å². The Balaban J connectivity index is 2.57. The molecule has 0 aliphatic heterocycles. The number of nitrogens with zero attached hydrogens (tertiary/aromatic N) is 2. The second-order valence-electron chi connectivity index (χ2n) is 3.00. The van der Waals surface area contributed by atoms with E-state index >= 15 is 0 Å². The summed E-state index contributed by atoms with van der Waals surface area (Å²) >= 11 is 0. The summed E-state index contributed by atoms with van der Waals surface area (Å²) in [6, 6.07) is 5.88. The zero-order chi connectivity index (χ0) is 10.1. The number of aryl methyl sites for hydroxylation is 1. The van der Waals surface area contributed by atoms with Crippen LogP contribution in [0.4, 0.5) is 6.01 Å². The molecule has 0 amide bonds. The molecular weight excluding hydrogens is 180 g/mol. The van der Waals surface area contributed by atoms with Crippen LogP contribution in [0.5, 0.6) is 0 Å². The van der Waals surface area contributed by atoms with Gasteiger partial charge in [-0.15, -0.1) is 0 Å². The number of aliphatic imine (C=N–C) groups is 1. The summed E-state index contributed by atoms with van der Waals surface area (Å²) < 4.78 is 5.30. The SMILES string of the molecule is Cc1ccc2nc(N=C(N)N)oc2c1. The molecular formula is C9H10N4O. The Hall–Kier alpha value is -2.04. The van der Waals surface area contributed by atoms with E-state index in [-0.39, 0.29) is 12.0 Å². The lowest BCUT2D eigenvalue weighted by atomic mass is 10.2. The Bertz CT molecular complexity index is 496. The van der Waals surface area contributed by atoms with Crippen molar-refractivity contribution in [2.45, 2.75) is 6.92 Å². The van der Waals surface area contributed by atoms with Crippen molar-refractivity contribution in [1.82, 2.24) is 4.98 Å². The maximum atomic E-state index is 5.30. The minimum Gasteiger partial charge on any atom is -0.422 e. The van der Waals surface area contributed by atoms with Crippen molar-refractivity contribution < 1.29 is 4.42 Å². The Kier molecular flexibility index (Phi) is 1.85. The second kappa shape index (κ2) is 3.02. The maximum absolute atomic E-state index is 5.30. The molecule has 0 bridgehead atoms. The number of benzene rings is 1. The highest BCUT2D eigenvalue weighted by atomic mass is 16.4. The summed E-state index contributed by atoms with van der Waals surface area (Å²) in [7, 11) is 0. The van der Waals surface area contributed by atoms with Crippen LogP contribution in [0.2, 0.25) is 0 Å². The van der Waals surface area contributed by atoms with Crippen LogP contribution in [0.25, 0.3) is 11.1 Å². The number of guanidine groups is 1. The predicted octanol–water partition coefficient (Wildman–Crippen LogP) is 1.04. The number of oxazole rings is 1. The highest BCUT2D eigenvalue weighted by Gasteiger charge is 2.04. The second-order valence-corrected chi connectivity index (χ2v) is 3.00. The first-order valence-electron chi connectivity index (χ1n) is 4.12. The minimum atomic E-state index is -0.0618. The summed E-state index contributed by atoms with van der Waals surface area (Å²) in [6.45, 7) is 1.97. The van der Waals surface area contributed by atoms with E-state index < -0.39 is 0 Å². The molecule has 0 radical (unpaired) electrons. The highest BCUT2D eigenvalue weighted by molar-refractivity contribution is 5.80. The van der Waals surface area contributed by atoms with Gasteiger partial charge in [-0.2, -0.15) is 9.98 Å². The van der Waals surface area contributed by atoms with E-state index in [0.717, 1.165) is 11.1 Å². The first-order valence-corrected chi connectivity index (χ1v) is 4.12. The Morgan fingerprint density at radius 3 is 2.93 bits per heavy atom. The van der Waals surface area contributed by atoms with Gasteiger partial charge in [-0.3, -0.25) is 0 Å². The van der Waals surface area contributed by atoms with Crippen LogP contribution in [0, 0.1) is 6.92 Å². The van der Waals surface area contributed by atoms with Gasteiger partial charge >= 0.3 is 6.01 Å². The van der Waals surface area contributed by atoms with Crippen LogP contribution in [-0.4, -0.2) is 10.9 Å². The van der Waals surface area contributed by atoms with Crippen LogP contribution >= 0.6 is 0 Å². The van der Waals surface area contributed by atoms with Crippen LogP contribution in [0.15, 0.2) is 27.6 Å². The summed E-state index contributed by atoms with van der Waals surface area (Å²) in [5, 5.41) is 0. The van der Waals surface area contributed by atoms with Gasteiger partial charge in [-0.25, -0.2) is 0 Å². The fourth-order valence-corrected chi connectivity index (χ4v) is 1.18. The van der Waals surface area contributed by atoms with E-state index in [0.29, 0.717) is 5.58 Å². The van der Waals surface area contributed by atoms with Gasteiger partial charge in [0.2, 0.25) is 0 Å². The standard InChI is InChI=1S/C9H10N4O/c1-5-2-3-6-7(4-5)14-9(12-6)13-8(10)11/h2-4H,1H3,(H4,10,11,12,13). The highest BCUT2D eigenvalue weighted by Crippen LogP contribution is 2.21. The zero-order valence-corrected chi connectivity index (χ0v) is 7.69. The monoisotopic (exact) mass is 190 g/mol. The van der Waals surface area contributed by atoms with Gasteiger partial charge in [0.05, 0.1) is 0 Å². The Morgan fingerprint density at radius 2 is 2.21 bits per heavy atom. The van der Waals surface area contributed by atoms with E-state index in [1.807, 2.05) is 25.1 Å². The largest absolute Gasteiger partial charge is 0.422 e. The minimum absolute atomic E-state index is 0.0618. The molecule has 1 aromatic heterocycles. The topological polar surface area (TPSA) is 90.4 Å². The molecule has 0 aliphatic rings. The summed E-state index contributed by atoms with van der Waals surface area (Å²) in [6.07, 6.45) is 0. The normalized spacial score (nSPS) is 10.4. The molecule has 72 valence electrons. The number of fused-ring (bicyclic) bond motifs is 1. The molecule has 0 saturated carbocycles. The van der Waals surface area contributed by atoms with Crippen LogP contribution < -0.4 is 11.5 Å². The van der Waals surface area contributed by atoms with Gasteiger partial charge in [0, 0.05) is 0 Å². The van der Waals surface area contributed by atoms with E-state index in [9.17, 15) is 0 Å². The van der Waals surface area contributed by atoms with Gasteiger partial charge in [0.25, 0.3) is 0 Å². The predicted molar refractivity (Wildman–Crippen MR) is 54.2 cm³/mol. The van der Waals surface area contributed by atoms with Crippen LogP contribution in [0.3, 0.4) is 0 Å². The molecule has 14 heavy (non-hydrogen) atoms. The first-order chi connectivity index (χ1) is 6.65. The molecule has 4 N–H and O–H groups in total. The van der Waals surface area contributed by atoms with Gasteiger partial charge in [0.1, 0.15) is 5.52 Å². The molecule has 0 aliphatic carbocycles. The Morgan fingerprint density at radius 1 is 1.43 bits per heavy atom. The summed E-state index contributed by atoms with van der Waals surface area (Å²) in [5.41, 5.74) is 12.9. The van der Waals surface area contributed by atoms with Gasteiger partial charge in [-0.05, 0) is 24.6 Å². The number of hydrogen-bond donors (Lipinski definition) is 2. The van der Waals surface area contributed by atoms with E-state index in [1.165, 1.54) is 0 Å². The summed E-state index contributed by atoms with van der Waals surface area (Å²) in [5.74, 6) is -0.0618. The van der Waals surface area contributed by atoms with Crippen molar-refractivity contribution in [3.8, 4) is 0 Å². The molecule has 2 rings (SSSR count). The molecule has 0 spiro atoms. The molecule has 0 unspecified atom stereocenters. The quantitative estimate of drug-likeness (QED) is 0.519. The third-order valence-electron chi connectivity index (χ3n) is 1.76. The fourth-order valence-electron chi connectivity index (χ4n) is 1.18. The zero-order valence-electron chi connectivity index (χ0n) is 7.69. The van der Waals surface area contributed by atoms with Gasteiger partial charge in [0.15, 0.2) is 11.5 Å². The molecule has 1 heterocycles. The van der Waals surface area contributed by atoms with Crippen molar-refractivity contribution in [3.05, 3.63) is 23.8 Å². The number of aromatic nitrogens is 1. The van der Waals surface area contributed by atoms with Crippen molar-refractivity contribution in [1.29, 1.82) is 0 Å². The van der Waals surface area contributed by atoms with Crippen molar-refractivity contribution in [2.24, 2.45) is 16.5 Å². The smallest absolute Gasteiger partial charge is 0.325 e. The van der Waals surface area contributed by atoms with Gasteiger partial charge < -0.3 is 15.9 Å². The lowest BCUT2D eigenvalue weighted by Gasteiger charge is -1.87. The molecule has 0 atom stereocenters. The molecule has 1 aromatic carbocycles. The summed E-state index contributed by atoms with van der Waals surface area (Å²) in [4.78, 5) is 7.80. The van der Waals surface area contributed by atoms with E-state index in [4.69, 9.17) is 15.9 Å². The fraction of sp³-hybridized carbons (Fsp3) is 0.111. The lowest BCUT2D eigenvalue weighted by Crippen LogP contribution is -2.21. The number of hydrogen-bond acceptors (Lipinski definition) is 3. The number of nitrogens with two attached hydrogens (primary N) is 2. The maximum Gasteiger partial charge on any atom is 0.325 e. The average molecular weight is 190 g/mol. The first kappa shape index (κ1) is 8.55.